The third kappa shape index (κ3) is 4.45. The molecule has 0 bridgehead atoms. The summed E-state index contributed by atoms with van der Waals surface area (Å²) in [6.45, 7) is 16.5. The Kier molecular flexibility index (Phi) is 7.52. The van der Waals surface area contributed by atoms with Gasteiger partial charge in [-0.3, -0.25) is 0 Å². The SMILES string of the molecule is CCNC(C)c1sc(N(CC)CC(CC)CC)nc1C. The molecule has 0 amide bonds. The molecule has 0 aromatic carbocycles. The summed E-state index contributed by atoms with van der Waals surface area (Å²) < 4.78 is 0. The van der Waals surface area contributed by atoms with Crippen LogP contribution in [0.5, 0.6) is 0 Å². The van der Waals surface area contributed by atoms with Gasteiger partial charge in [-0.2, -0.15) is 0 Å². The molecule has 1 aromatic heterocycles. The van der Waals surface area contributed by atoms with Crippen molar-refractivity contribution >= 4 is 16.5 Å². The quantitative estimate of drug-likeness (QED) is 0.733. The van der Waals surface area contributed by atoms with E-state index in [1.165, 1.54) is 28.5 Å². The first-order chi connectivity index (χ1) is 9.57. The average molecular weight is 298 g/mol. The number of rotatable bonds is 9. The summed E-state index contributed by atoms with van der Waals surface area (Å²) in [5, 5.41) is 4.68. The average Bonchev–Trinajstić information content (AvgIpc) is 2.82. The largest absolute Gasteiger partial charge is 0.348 e. The fraction of sp³-hybridized carbons (Fsp3) is 0.812. The molecule has 1 unspecified atom stereocenters. The van der Waals surface area contributed by atoms with Crippen molar-refractivity contribution in [3.8, 4) is 0 Å². The molecule has 1 aromatic rings. The van der Waals surface area contributed by atoms with Crippen molar-refractivity contribution in [1.29, 1.82) is 0 Å². The number of anilines is 1. The Hall–Kier alpha value is -0.610. The highest BCUT2D eigenvalue weighted by atomic mass is 32.1. The molecular formula is C16H31N3S. The van der Waals surface area contributed by atoms with E-state index in [0.29, 0.717) is 6.04 Å². The van der Waals surface area contributed by atoms with E-state index in [9.17, 15) is 0 Å². The van der Waals surface area contributed by atoms with Crippen LogP contribution in [0.1, 0.15) is 64.1 Å². The van der Waals surface area contributed by atoms with E-state index in [0.717, 1.165) is 25.6 Å². The molecule has 0 saturated carbocycles. The van der Waals surface area contributed by atoms with Gasteiger partial charge < -0.3 is 10.2 Å². The lowest BCUT2D eigenvalue weighted by molar-refractivity contribution is 0.486. The van der Waals surface area contributed by atoms with Crippen LogP contribution in [0.3, 0.4) is 0 Å². The molecule has 116 valence electrons. The number of nitrogens with zero attached hydrogens (tertiary/aromatic N) is 2. The normalized spacial score (nSPS) is 12.9. The van der Waals surface area contributed by atoms with Crippen LogP contribution in [-0.2, 0) is 0 Å². The molecule has 0 aliphatic rings. The van der Waals surface area contributed by atoms with E-state index < -0.39 is 0 Å². The maximum Gasteiger partial charge on any atom is 0.185 e. The van der Waals surface area contributed by atoms with Gasteiger partial charge in [0.1, 0.15) is 0 Å². The Labute approximate surface area is 128 Å². The standard InChI is InChI=1S/C16H31N3S/c1-7-14(8-2)11-19(10-4)16-18-13(6)15(20-16)12(5)17-9-3/h12,14,17H,7-11H2,1-6H3. The highest BCUT2D eigenvalue weighted by molar-refractivity contribution is 7.15. The summed E-state index contributed by atoms with van der Waals surface area (Å²) in [6.07, 6.45) is 2.50. The monoisotopic (exact) mass is 297 g/mol. The van der Waals surface area contributed by atoms with E-state index in [4.69, 9.17) is 4.98 Å². The molecule has 3 nitrogen and oxygen atoms in total. The third-order valence-corrected chi connectivity index (χ3v) is 5.41. The van der Waals surface area contributed by atoms with Crippen molar-refractivity contribution in [2.45, 2.75) is 60.4 Å². The lowest BCUT2D eigenvalue weighted by Gasteiger charge is -2.24. The van der Waals surface area contributed by atoms with Gasteiger partial charge in [0.05, 0.1) is 5.69 Å². The van der Waals surface area contributed by atoms with Crippen molar-refractivity contribution in [3.05, 3.63) is 10.6 Å². The van der Waals surface area contributed by atoms with Crippen molar-refractivity contribution in [2.75, 3.05) is 24.5 Å². The minimum atomic E-state index is 0.401. The number of hydrogen-bond acceptors (Lipinski definition) is 4. The Morgan fingerprint density at radius 1 is 1.20 bits per heavy atom. The molecule has 20 heavy (non-hydrogen) atoms. The highest BCUT2D eigenvalue weighted by Crippen LogP contribution is 2.31. The minimum Gasteiger partial charge on any atom is -0.348 e. The minimum absolute atomic E-state index is 0.401. The summed E-state index contributed by atoms with van der Waals surface area (Å²) >= 11 is 1.86. The number of hydrogen-bond donors (Lipinski definition) is 1. The summed E-state index contributed by atoms with van der Waals surface area (Å²) in [7, 11) is 0. The molecule has 0 spiro atoms. The van der Waals surface area contributed by atoms with Crippen LogP contribution in [-0.4, -0.2) is 24.6 Å². The van der Waals surface area contributed by atoms with Gasteiger partial charge in [-0.05, 0) is 33.2 Å². The van der Waals surface area contributed by atoms with Gasteiger partial charge in [0, 0.05) is 24.0 Å². The van der Waals surface area contributed by atoms with Crippen LogP contribution in [0.4, 0.5) is 5.13 Å². The first-order valence-corrected chi connectivity index (χ1v) is 8.84. The predicted octanol–water partition coefficient (Wildman–Crippen LogP) is 4.38. The molecule has 1 rings (SSSR count). The van der Waals surface area contributed by atoms with E-state index in [2.05, 4.69) is 51.8 Å². The number of aryl methyl sites for hydroxylation is 1. The molecule has 0 radical (unpaired) electrons. The fourth-order valence-electron chi connectivity index (χ4n) is 2.53. The lowest BCUT2D eigenvalue weighted by atomic mass is 10.0. The zero-order valence-corrected chi connectivity index (χ0v) is 14.8. The zero-order chi connectivity index (χ0) is 15.1. The Morgan fingerprint density at radius 2 is 1.85 bits per heavy atom. The Balaban J connectivity index is 2.85. The predicted molar refractivity (Wildman–Crippen MR) is 90.9 cm³/mol. The second-order valence-corrected chi connectivity index (χ2v) is 6.46. The number of thiazole rings is 1. The molecular weight excluding hydrogens is 266 g/mol. The van der Waals surface area contributed by atoms with Crippen molar-refractivity contribution in [1.82, 2.24) is 10.3 Å². The first-order valence-electron chi connectivity index (χ1n) is 8.02. The van der Waals surface area contributed by atoms with E-state index >= 15 is 0 Å². The van der Waals surface area contributed by atoms with Crippen LogP contribution in [0.2, 0.25) is 0 Å². The van der Waals surface area contributed by atoms with Gasteiger partial charge in [0.25, 0.3) is 0 Å². The molecule has 0 saturated heterocycles. The fourth-order valence-corrected chi connectivity index (χ4v) is 3.70. The maximum atomic E-state index is 4.81. The van der Waals surface area contributed by atoms with Crippen LogP contribution in [0.15, 0.2) is 0 Å². The second-order valence-electron chi connectivity index (χ2n) is 5.45. The molecule has 1 heterocycles. The first kappa shape index (κ1) is 17.4. The maximum absolute atomic E-state index is 4.81. The van der Waals surface area contributed by atoms with Crippen LogP contribution >= 0.6 is 11.3 Å². The topological polar surface area (TPSA) is 28.2 Å². The molecule has 4 heteroatoms. The zero-order valence-electron chi connectivity index (χ0n) is 14.0. The van der Waals surface area contributed by atoms with Crippen LogP contribution in [0.25, 0.3) is 0 Å². The summed E-state index contributed by atoms with van der Waals surface area (Å²) in [6, 6.07) is 0.401. The van der Waals surface area contributed by atoms with Crippen molar-refractivity contribution < 1.29 is 0 Å². The van der Waals surface area contributed by atoms with E-state index in [1.54, 1.807) is 0 Å². The van der Waals surface area contributed by atoms with E-state index in [-0.39, 0.29) is 0 Å². The number of aromatic nitrogens is 1. The van der Waals surface area contributed by atoms with Crippen LogP contribution in [0, 0.1) is 12.8 Å². The smallest absolute Gasteiger partial charge is 0.185 e. The molecule has 0 fully saturated rings. The van der Waals surface area contributed by atoms with Gasteiger partial charge in [0.2, 0.25) is 0 Å². The summed E-state index contributed by atoms with van der Waals surface area (Å²) in [5.41, 5.74) is 1.18. The molecule has 1 N–H and O–H groups in total. The number of nitrogens with one attached hydrogen (secondary N) is 1. The molecule has 1 atom stereocenters. The summed E-state index contributed by atoms with van der Waals surface area (Å²) in [5.74, 6) is 0.772. The Bertz CT molecular complexity index is 385. The van der Waals surface area contributed by atoms with Crippen molar-refractivity contribution in [3.63, 3.8) is 0 Å². The highest BCUT2D eigenvalue weighted by Gasteiger charge is 2.18. The molecule has 0 aliphatic heterocycles. The van der Waals surface area contributed by atoms with Gasteiger partial charge in [-0.15, -0.1) is 11.3 Å². The third-order valence-electron chi connectivity index (χ3n) is 4.01. The van der Waals surface area contributed by atoms with Gasteiger partial charge in [-0.25, -0.2) is 4.98 Å². The van der Waals surface area contributed by atoms with Gasteiger partial charge in [0.15, 0.2) is 5.13 Å². The lowest BCUT2D eigenvalue weighted by Crippen LogP contribution is -2.28. The molecule has 0 aliphatic carbocycles. The van der Waals surface area contributed by atoms with Crippen LogP contribution < -0.4 is 10.2 Å². The van der Waals surface area contributed by atoms with E-state index in [1.807, 2.05) is 11.3 Å². The second kappa shape index (κ2) is 8.63. The van der Waals surface area contributed by atoms with Crippen molar-refractivity contribution in [2.24, 2.45) is 5.92 Å². The van der Waals surface area contributed by atoms with Gasteiger partial charge in [-0.1, -0.05) is 33.6 Å². The summed E-state index contributed by atoms with van der Waals surface area (Å²) in [4.78, 5) is 8.63. The Morgan fingerprint density at radius 3 is 2.35 bits per heavy atom. The van der Waals surface area contributed by atoms with Gasteiger partial charge >= 0.3 is 0 Å².